The number of rotatable bonds is 4. The van der Waals surface area contributed by atoms with E-state index in [0.717, 1.165) is 11.9 Å². The van der Waals surface area contributed by atoms with E-state index in [4.69, 9.17) is 0 Å². The molecule has 5 heteroatoms. The van der Waals surface area contributed by atoms with E-state index in [1.54, 1.807) is 12.3 Å². The van der Waals surface area contributed by atoms with Gasteiger partial charge in [-0.2, -0.15) is 0 Å². The second-order valence-corrected chi connectivity index (χ2v) is 3.81. The quantitative estimate of drug-likeness (QED) is 0.881. The number of nitrogens with one attached hydrogen (secondary N) is 1. The fourth-order valence-electron chi connectivity index (χ4n) is 1.54. The van der Waals surface area contributed by atoms with Crippen LogP contribution in [-0.2, 0) is 20.1 Å². The largest absolute Gasteiger partial charge is 0.337 e. The summed E-state index contributed by atoms with van der Waals surface area (Å²) in [5, 5.41) is 3.12. The predicted octanol–water partition coefficient (Wildman–Crippen LogP) is 1.99. The van der Waals surface area contributed by atoms with Crippen LogP contribution in [0.3, 0.4) is 0 Å². The summed E-state index contributed by atoms with van der Waals surface area (Å²) in [5.41, 5.74) is 0.707. The Kier molecular flexibility index (Phi) is 3.49. The van der Waals surface area contributed by atoms with Crippen molar-refractivity contribution in [2.24, 2.45) is 7.05 Å². The lowest BCUT2D eigenvalue weighted by atomic mass is 10.2. The molecule has 0 aliphatic carbocycles. The second-order valence-electron chi connectivity index (χ2n) is 3.81. The molecule has 0 radical (unpaired) electrons. The number of halogens is 2. The smallest absolute Gasteiger partial charge is 0.159 e. The normalized spacial score (nSPS) is 10.8. The first-order valence-corrected chi connectivity index (χ1v) is 5.27. The van der Waals surface area contributed by atoms with E-state index in [1.165, 1.54) is 6.07 Å². The Labute approximate surface area is 98.1 Å². The number of aryl methyl sites for hydroxylation is 1. The molecule has 0 bridgehead atoms. The molecule has 1 N–H and O–H groups in total. The minimum Gasteiger partial charge on any atom is -0.337 e. The zero-order valence-corrected chi connectivity index (χ0v) is 9.45. The Morgan fingerprint density at radius 1 is 1.24 bits per heavy atom. The van der Waals surface area contributed by atoms with Gasteiger partial charge in [0.05, 0.1) is 6.54 Å². The molecular formula is C12H13F2N3. The molecule has 0 aliphatic rings. The Bertz CT molecular complexity index is 508. The van der Waals surface area contributed by atoms with Crippen molar-refractivity contribution in [3.63, 3.8) is 0 Å². The first-order chi connectivity index (χ1) is 8.16. The molecule has 0 atom stereocenters. The second kappa shape index (κ2) is 5.05. The third-order valence-electron chi connectivity index (χ3n) is 2.52. The SMILES string of the molecule is Cn1ccnc1CNCc1ccc(F)c(F)c1. The van der Waals surface area contributed by atoms with Crippen LogP contribution in [-0.4, -0.2) is 9.55 Å². The van der Waals surface area contributed by atoms with Gasteiger partial charge in [0.1, 0.15) is 5.82 Å². The van der Waals surface area contributed by atoms with E-state index in [1.807, 2.05) is 17.8 Å². The fourth-order valence-corrected chi connectivity index (χ4v) is 1.54. The summed E-state index contributed by atoms with van der Waals surface area (Å²) < 4.78 is 27.5. The Morgan fingerprint density at radius 2 is 2.06 bits per heavy atom. The number of nitrogens with zero attached hydrogens (tertiary/aromatic N) is 2. The monoisotopic (exact) mass is 237 g/mol. The van der Waals surface area contributed by atoms with Crippen LogP contribution in [0.5, 0.6) is 0 Å². The minimum atomic E-state index is -0.821. The molecule has 2 rings (SSSR count). The summed E-state index contributed by atoms with van der Waals surface area (Å²) in [6, 6.07) is 3.89. The molecule has 17 heavy (non-hydrogen) atoms. The van der Waals surface area contributed by atoms with Crippen molar-refractivity contribution < 1.29 is 8.78 Å². The maximum absolute atomic E-state index is 12.9. The highest BCUT2D eigenvalue weighted by Crippen LogP contribution is 2.08. The lowest BCUT2D eigenvalue weighted by Crippen LogP contribution is -2.15. The van der Waals surface area contributed by atoms with Crippen LogP contribution in [0.15, 0.2) is 30.6 Å². The molecule has 90 valence electrons. The van der Waals surface area contributed by atoms with Gasteiger partial charge in [-0.15, -0.1) is 0 Å². The molecule has 0 aliphatic heterocycles. The number of hydrogen-bond donors (Lipinski definition) is 1. The summed E-state index contributed by atoms with van der Waals surface area (Å²) in [7, 11) is 1.90. The summed E-state index contributed by atoms with van der Waals surface area (Å²) in [6.07, 6.45) is 3.57. The summed E-state index contributed by atoms with van der Waals surface area (Å²) >= 11 is 0. The highest BCUT2D eigenvalue weighted by atomic mass is 19.2. The average Bonchev–Trinajstić information content (AvgIpc) is 2.70. The van der Waals surface area contributed by atoms with Crippen molar-refractivity contribution in [2.45, 2.75) is 13.1 Å². The van der Waals surface area contributed by atoms with E-state index >= 15 is 0 Å². The summed E-state index contributed by atoms with van der Waals surface area (Å²) in [6.45, 7) is 1.06. The van der Waals surface area contributed by atoms with E-state index in [0.29, 0.717) is 18.7 Å². The predicted molar refractivity (Wildman–Crippen MR) is 60.1 cm³/mol. The highest BCUT2D eigenvalue weighted by molar-refractivity contribution is 5.17. The molecular weight excluding hydrogens is 224 g/mol. The van der Waals surface area contributed by atoms with Crippen LogP contribution < -0.4 is 5.32 Å². The van der Waals surface area contributed by atoms with Crippen molar-refractivity contribution >= 4 is 0 Å². The van der Waals surface area contributed by atoms with Gasteiger partial charge in [0.2, 0.25) is 0 Å². The van der Waals surface area contributed by atoms with E-state index in [-0.39, 0.29) is 0 Å². The van der Waals surface area contributed by atoms with Crippen molar-refractivity contribution in [1.82, 2.24) is 14.9 Å². The van der Waals surface area contributed by atoms with Gasteiger partial charge < -0.3 is 9.88 Å². The molecule has 0 unspecified atom stereocenters. The maximum atomic E-state index is 12.9. The Hall–Kier alpha value is -1.75. The lowest BCUT2D eigenvalue weighted by Gasteiger charge is -2.05. The summed E-state index contributed by atoms with van der Waals surface area (Å²) in [5.74, 6) is -0.744. The minimum absolute atomic E-state index is 0.476. The third-order valence-corrected chi connectivity index (χ3v) is 2.52. The van der Waals surface area contributed by atoms with Gasteiger partial charge in [-0.1, -0.05) is 6.07 Å². The van der Waals surface area contributed by atoms with E-state index in [2.05, 4.69) is 10.3 Å². The molecule has 0 spiro atoms. The zero-order chi connectivity index (χ0) is 12.3. The summed E-state index contributed by atoms with van der Waals surface area (Å²) in [4.78, 5) is 4.15. The van der Waals surface area contributed by atoms with Crippen LogP contribution in [0, 0.1) is 11.6 Å². The number of imidazole rings is 1. The van der Waals surface area contributed by atoms with Crippen molar-refractivity contribution in [3.05, 3.63) is 53.6 Å². The van der Waals surface area contributed by atoms with Gasteiger partial charge in [-0.05, 0) is 17.7 Å². The molecule has 1 heterocycles. The number of aromatic nitrogens is 2. The molecule has 2 aromatic rings. The van der Waals surface area contributed by atoms with Crippen LogP contribution in [0.25, 0.3) is 0 Å². The Balaban J connectivity index is 1.90. The molecule has 0 amide bonds. The van der Waals surface area contributed by atoms with Crippen LogP contribution in [0.2, 0.25) is 0 Å². The average molecular weight is 237 g/mol. The zero-order valence-electron chi connectivity index (χ0n) is 9.45. The molecule has 1 aromatic heterocycles. The van der Waals surface area contributed by atoms with Crippen molar-refractivity contribution in [1.29, 1.82) is 0 Å². The molecule has 3 nitrogen and oxygen atoms in total. The highest BCUT2D eigenvalue weighted by Gasteiger charge is 2.03. The van der Waals surface area contributed by atoms with Crippen LogP contribution in [0.1, 0.15) is 11.4 Å². The first kappa shape index (κ1) is 11.7. The van der Waals surface area contributed by atoms with Gasteiger partial charge >= 0.3 is 0 Å². The van der Waals surface area contributed by atoms with Gasteiger partial charge in [-0.25, -0.2) is 13.8 Å². The molecule has 0 fully saturated rings. The van der Waals surface area contributed by atoms with Crippen LogP contribution in [0.4, 0.5) is 8.78 Å². The van der Waals surface area contributed by atoms with Gasteiger partial charge in [-0.3, -0.25) is 0 Å². The Morgan fingerprint density at radius 3 is 2.71 bits per heavy atom. The standard InChI is InChI=1S/C12H13F2N3/c1-17-5-4-16-12(17)8-15-7-9-2-3-10(13)11(14)6-9/h2-6,15H,7-8H2,1H3. The van der Waals surface area contributed by atoms with Gasteiger partial charge in [0.25, 0.3) is 0 Å². The van der Waals surface area contributed by atoms with E-state index < -0.39 is 11.6 Å². The van der Waals surface area contributed by atoms with Crippen molar-refractivity contribution in [2.75, 3.05) is 0 Å². The molecule has 0 saturated heterocycles. The molecule has 0 saturated carbocycles. The van der Waals surface area contributed by atoms with E-state index in [9.17, 15) is 8.78 Å². The van der Waals surface area contributed by atoms with Gasteiger partial charge in [0, 0.05) is 26.0 Å². The van der Waals surface area contributed by atoms with Crippen molar-refractivity contribution in [3.8, 4) is 0 Å². The third kappa shape index (κ3) is 2.88. The molecule has 1 aromatic carbocycles. The first-order valence-electron chi connectivity index (χ1n) is 5.27. The lowest BCUT2D eigenvalue weighted by molar-refractivity contribution is 0.505. The van der Waals surface area contributed by atoms with Gasteiger partial charge in [0.15, 0.2) is 11.6 Å². The van der Waals surface area contributed by atoms with Crippen LogP contribution >= 0.6 is 0 Å². The fraction of sp³-hybridized carbons (Fsp3) is 0.250. The maximum Gasteiger partial charge on any atom is 0.159 e. The number of hydrogen-bond acceptors (Lipinski definition) is 2. The topological polar surface area (TPSA) is 29.9 Å². The number of benzene rings is 1.